The highest BCUT2D eigenvalue weighted by atomic mass is 16.3. The van der Waals surface area contributed by atoms with Gasteiger partial charge in [-0.1, -0.05) is 0 Å². The largest absolute Gasteiger partial charge is 0.393 e. The topological polar surface area (TPSA) is 20.2 Å². The molecule has 0 saturated heterocycles. The molecule has 1 atom stereocenters. The van der Waals surface area contributed by atoms with Crippen molar-refractivity contribution in [1.82, 2.24) is 0 Å². The molecule has 1 heteroatoms. The molecule has 4 saturated carbocycles. The van der Waals surface area contributed by atoms with Gasteiger partial charge in [-0.3, -0.25) is 0 Å². The zero-order valence-electron chi connectivity index (χ0n) is 9.91. The third-order valence-corrected chi connectivity index (χ3v) is 5.26. The normalized spacial score (nSPS) is 49.6. The second kappa shape index (κ2) is 3.48. The van der Waals surface area contributed by atoms with Gasteiger partial charge in [-0.25, -0.2) is 0 Å². The Labute approximate surface area is 93.3 Å². The molecule has 0 aromatic carbocycles. The average molecular weight is 208 g/mol. The Bertz CT molecular complexity index is 208. The van der Waals surface area contributed by atoms with Crippen LogP contribution in [-0.2, 0) is 0 Å². The Morgan fingerprint density at radius 1 is 1.07 bits per heavy atom. The van der Waals surface area contributed by atoms with Crippen molar-refractivity contribution < 1.29 is 5.11 Å². The fraction of sp³-hybridized carbons (Fsp3) is 1.00. The molecule has 0 aromatic heterocycles. The maximum absolute atomic E-state index is 9.45. The lowest BCUT2D eigenvalue weighted by atomic mass is 9.48. The first kappa shape index (κ1) is 10.1. The second-order valence-electron chi connectivity index (χ2n) is 6.81. The molecule has 1 nitrogen and oxygen atoms in total. The maximum atomic E-state index is 9.45. The minimum Gasteiger partial charge on any atom is -0.393 e. The highest BCUT2D eigenvalue weighted by Crippen LogP contribution is 2.61. The summed E-state index contributed by atoms with van der Waals surface area (Å²) in [4.78, 5) is 0. The first-order chi connectivity index (χ1) is 7.15. The van der Waals surface area contributed by atoms with Crippen LogP contribution in [0.4, 0.5) is 0 Å². The molecule has 0 spiro atoms. The first-order valence-electron chi connectivity index (χ1n) is 6.83. The van der Waals surface area contributed by atoms with Crippen molar-refractivity contribution >= 4 is 0 Å². The summed E-state index contributed by atoms with van der Waals surface area (Å²) in [6.07, 6.45) is 11.3. The van der Waals surface area contributed by atoms with E-state index in [2.05, 4.69) is 0 Å². The predicted molar refractivity (Wildman–Crippen MR) is 61.5 cm³/mol. The Hall–Kier alpha value is -0.0400. The van der Waals surface area contributed by atoms with Gasteiger partial charge in [0, 0.05) is 0 Å². The Morgan fingerprint density at radius 3 is 1.93 bits per heavy atom. The van der Waals surface area contributed by atoms with Crippen LogP contribution in [0.25, 0.3) is 0 Å². The molecule has 0 amide bonds. The molecule has 15 heavy (non-hydrogen) atoms. The Balaban J connectivity index is 1.70. The van der Waals surface area contributed by atoms with Gasteiger partial charge in [-0.15, -0.1) is 0 Å². The molecule has 0 aliphatic heterocycles. The van der Waals surface area contributed by atoms with Gasteiger partial charge in [-0.05, 0) is 81.5 Å². The van der Waals surface area contributed by atoms with Gasteiger partial charge in [0.2, 0.25) is 0 Å². The molecule has 4 bridgehead atoms. The van der Waals surface area contributed by atoms with E-state index >= 15 is 0 Å². The molecule has 1 N–H and O–H groups in total. The number of rotatable bonds is 3. The zero-order valence-corrected chi connectivity index (χ0v) is 9.91. The fourth-order valence-corrected chi connectivity index (χ4v) is 5.11. The third-order valence-electron chi connectivity index (χ3n) is 5.26. The van der Waals surface area contributed by atoms with Crippen molar-refractivity contribution in [1.29, 1.82) is 0 Å². The molecule has 0 radical (unpaired) electrons. The van der Waals surface area contributed by atoms with E-state index < -0.39 is 0 Å². The molecule has 4 rings (SSSR count). The summed E-state index contributed by atoms with van der Waals surface area (Å²) in [5.74, 6) is 3.18. The van der Waals surface area contributed by atoms with E-state index in [0.717, 1.165) is 24.2 Å². The summed E-state index contributed by atoms with van der Waals surface area (Å²) in [5.41, 5.74) is 0.672. The van der Waals surface area contributed by atoms with E-state index in [1.54, 1.807) is 0 Å². The molecule has 1 unspecified atom stereocenters. The van der Waals surface area contributed by atoms with Crippen molar-refractivity contribution in [2.45, 2.75) is 64.4 Å². The fourth-order valence-electron chi connectivity index (χ4n) is 5.11. The average Bonchev–Trinajstić information content (AvgIpc) is 2.12. The van der Waals surface area contributed by atoms with Gasteiger partial charge >= 0.3 is 0 Å². The van der Waals surface area contributed by atoms with Crippen molar-refractivity contribution in [3.05, 3.63) is 0 Å². The van der Waals surface area contributed by atoms with Crippen LogP contribution in [0.2, 0.25) is 0 Å². The van der Waals surface area contributed by atoms with E-state index in [-0.39, 0.29) is 6.10 Å². The summed E-state index contributed by atoms with van der Waals surface area (Å²) in [6, 6.07) is 0. The lowest BCUT2D eigenvalue weighted by molar-refractivity contribution is -0.0622. The van der Waals surface area contributed by atoms with Gasteiger partial charge in [0.05, 0.1) is 6.10 Å². The Morgan fingerprint density at radius 2 is 1.53 bits per heavy atom. The van der Waals surface area contributed by atoms with Crippen LogP contribution in [0.3, 0.4) is 0 Å². The minimum absolute atomic E-state index is 0.0852. The first-order valence-corrected chi connectivity index (χ1v) is 6.83. The lowest BCUT2D eigenvalue weighted by Gasteiger charge is -2.57. The summed E-state index contributed by atoms with van der Waals surface area (Å²) in [5, 5.41) is 9.45. The Kier molecular flexibility index (Phi) is 2.35. The summed E-state index contributed by atoms with van der Waals surface area (Å²) in [7, 11) is 0. The molecular formula is C14H24O. The summed E-state index contributed by atoms with van der Waals surface area (Å²) >= 11 is 0. The SMILES string of the molecule is CC(O)CCC12CC3CC(CC(C3)C1)C2. The van der Waals surface area contributed by atoms with Crippen molar-refractivity contribution in [2.75, 3.05) is 0 Å². The minimum atomic E-state index is -0.0852. The van der Waals surface area contributed by atoms with Crippen molar-refractivity contribution in [3.63, 3.8) is 0 Å². The molecule has 0 aromatic rings. The number of aliphatic hydroxyl groups excluding tert-OH is 1. The molecular weight excluding hydrogens is 184 g/mol. The molecule has 0 heterocycles. The number of aliphatic hydroxyl groups is 1. The van der Waals surface area contributed by atoms with Gasteiger partial charge in [0.15, 0.2) is 0 Å². The smallest absolute Gasteiger partial charge is 0.0512 e. The molecule has 4 aliphatic rings. The van der Waals surface area contributed by atoms with Gasteiger partial charge in [0.1, 0.15) is 0 Å². The van der Waals surface area contributed by atoms with Gasteiger partial charge in [0.25, 0.3) is 0 Å². The van der Waals surface area contributed by atoms with Crippen LogP contribution in [0.1, 0.15) is 58.3 Å². The van der Waals surface area contributed by atoms with Crippen LogP contribution in [0, 0.1) is 23.2 Å². The van der Waals surface area contributed by atoms with E-state index in [0.29, 0.717) is 5.41 Å². The van der Waals surface area contributed by atoms with Crippen LogP contribution in [0.5, 0.6) is 0 Å². The van der Waals surface area contributed by atoms with Crippen molar-refractivity contribution in [3.8, 4) is 0 Å². The highest BCUT2D eigenvalue weighted by molar-refractivity contribution is 5.01. The quantitative estimate of drug-likeness (QED) is 0.754. The monoisotopic (exact) mass is 208 g/mol. The van der Waals surface area contributed by atoms with Crippen LogP contribution in [0.15, 0.2) is 0 Å². The second-order valence-corrected chi connectivity index (χ2v) is 6.81. The van der Waals surface area contributed by atoms with Crippen LogP contribution in [-0.4, -0.2) is 11.2 Å². The zero-order chi connectivity index (χ0) is 10.5. The third kappa shape index (κ3) is 1.84. The van der Waals surface area contributed by atoms with Crippen LogP contribution < -0.4 is 0 Å². The molecule has 86 valence electrons. The maximum Gasteiger partial charge on any atom is 0.0512 e. The molecule has 4 aliphatic carbocycles. The lowest BCUT2D eigenvalue weighted by Crippen LogP contribution is -2.46. The van der Waals surface area contributed by atoms with Crippen LogP contribution >= 0.6 is 0 Å². The summed E-state index contributed by atoms with van der Waals surface area (Å²) < 4.78 is 0. The van der Waals surface area contributed by atoms with Gasteiger partial charge in [-0.2, -0.15) is 0 Å². The van der Waals surface area contributed by atoms with E-state index in [4.69, 9.17) is 0 Å². The standard InChI is InChI=1S/C14H24O/c1-10(15)2-3-14-7-11-4-12(8-14)6-13(5-11)9-14/h10-13,15H,2-9H2,1H3. The van der Waals surface area contributed by atoms with E-state index in [1.807, 2.05) is 6.92 Å². The summed E-state index contributed by atoms with van der Waals surface area (Å²) in [6.45, 7) is 1.94. The number of hydrogen-bond acceptors (Lipinski definition) is 1. The molecule has 4 fully saturated rings. The predicted octanol–water partition coefficient (Wildman–Crippen LogP) is 3.36. The van der Waals surface area contributed by atoms with Crippen molar-refractivity contribution in [2.24, 2.45) is 23.2 Å². The van der Waals surface area contributed by atoms with E-state index in [9.17, 15) is 5.11 Å². The van der Waals surface area contributed by atoms with Gasteiger partial charge < -0.3 is 5.11 Å². The highest BCUT2D eigenvalue weighted by Gasteiger charge is 2.50. The number of hydrogen-bond donors (Lipinski definition) is 1. The van der Waals surface area contributed by atoms with E-state index in [1.165, 1.54) is 44.9 Å².